The van der Waals surface area contributed by atoms with Gasteiger partial charge in [0.25, 0.3) is 0 Å². The van der Waals surface area contributed by atoms with Gasteiger partial charge in [-0.1, -0.05) is 0 Å². The lowest BCUT2D eigenvalue weighted by atomic mass is 9.94. The van der Waals surface area contributed by atoms with Gasteiger partial charge in [0.15, 0.2) is 0 Å². The SMILES string of the molecule is CC(C)(C)OC(=O)N1[C@@H]2CC[C@H]1[C@H](F)[C@H](N(c1cnc(Br)cn1)C1CC1)C2. The van der Waals surface area contributed by atoms with Gasteiger partial charge in [-0.15, -0.1) is 0 Å². The van der Waals surface area contributed by atoms with E-state index in [1.807, 2.05) is 20.8 Å². The minimum absolute atomic E-state index is 0.0199. The first kappa shape index (κ1) is 18.9. The Hall–Kier alpha value is -1.44. The zero-order valence-corrected chi connectivity index (χ0v) is 17.5. The molecule has 6 nitrogen and oxygen atoms in total. The van der Waals surface area contributed by atoms with E-state index in [9.17, 15) is 4.79 Å². The molecule has 3 fully saturated rings. The molecule has 3 heterocycles. The third-order valence-electron chi connectivity index (χ3n) is 5.57. The smallest absolute Gasteiger partial charge is 0.410 e. The molecule has 2 bridgehead atoms. The second kappa shape index (κ2) is 6.87. The molecule has 2 saturated heterocycles. The van der Waals surface area contributed by atoms with E-state index in [0.29, 0.717) is 23.5 Å². The maximum absolute atomic E-state index is 15.6. The standard InChI is InChI=1S/C19H26BrFN4O2/c1-19(2,3)27-18(26)25-12-6-7-13(25)17(21)14(8-12)24(11-4-5-11)16-10-22-15(20)9-23-16/h9-14,17H,4-8H2,1-3H3/t12-,13+,14-,17+/m1/s1. The van der Waals surface area contributed by atoms with Gasteiger partial charge in [0.2, 0.25) is 0 Å². The first-order valence-electron chi connectivity index (χ1n) is 9.66. The lowest BCUT2D eigenvalue weighted by molar-refractivity contribution is -0.0108. The molecular formula is C19H26BrFN4O2. The molecule has 1 aromatic heterocycles. The van der Waals surface area contributed by atoms with Crippen molar-refractivity contribution < 1.29 is 13.9 Å². The highest BCUT2D eigenvalue weighted by Gasteiger charge is 2.54. The van der Waals surface area contributed by atoms with Crippen LogP contribution in [-0.2, 0) is 4.74 Å². The van der Waals surface area contributed by atoms with Gasteiger partial charge in [-0.3, -0.25) is 4.90 Å². The van der Waals surface area contributed by atoms with E-state index in [1.165, 1.54) is 0 Å². The number of fused-ring (bicyclic) bond motifs is 2. The number of nitrogens with zero attached hydrogens (tertiary/aromatic N) is 4. The number of anilines is 1. The van der Waals surface area contributed by atoms with Crippen molar-refractivity contribution in [2.24, 2.45) is 0 Å². The van der Waals surface area contributed by atoms with Crippen LogP contribution in [0.5, 0.6) is 0 Å². The molecule has 4 rings (SSSR count). The van der Waals surface area contributed by atoms with Crippen molar-refractivity contribution in [3.8, 4) is 0 Å². The second-order valence-electron chi connectivity index (χ2n) is 8.77. The van der Waals surface area contributed by atoms with Gasteiger partial charge in [-0.05, 0) is 68.8 Å². The van der Waals surface area contributed by atoms with E-state index in [0.717, 1.165) is 25.1 Å². The van der Waals surface area contributed by atoms with Crippen LogP contribution in [0.2, 0.25) is 0 Å². The number of aromatic nitrogens is 2. The molecule has 0 N–H and O–H groups in total. The number of carbonyl (C=O) groups excluding carboxylic acids is 1. The van der Waals surface area contributed by atoms with Crippen LogP contribution in [0.1, 0.15) is 52.9 Å². The van der Waals surface area contributed by atoms with E-state index in [-0.39, 0.29) is 12.1 Å². The molecule has 0 spiro atoms. The van der Waals surface area contributed by atoms with Crippen LogP contribution in [0.4, 0.5) is 15.0 Å². The van der Waals surface area contributed by atoms with E-state index < -0.39 is 23.9 Å². The molecule has 27 heavy (non-hydrogen) atoms. The molecule has 1 aliphatic carbocycles. The third-order valence-corrected chi connectivity index (χ3v) is 5.98. The van der Waals surface area contributed by atoms with Crippen molar-refractivity contribution in [3.05, 3.63) is 17.0 Å². The van der Waals surface area contributed by atoms with Gasteiger partial charge in [0.1, 0.15) is 22.2 Å². The molecular weight excluding hydrogens is 415 g/mol. The topological polar surface area (TPSA) is 58.6 Å². The number of piperidine rings is 1. The predicted molar refractivity (Wildman–Crippen MR) is 103 cm³/mol. The normalized spacial score (nSPS) is 30.3. The Morgan fingerprint density at radius 1 is 1.26 bits per heavy atom. The van der Waals surface area contributed by atoms with Crippen LogP contribution in [0, 0.1) is 0 Å². The Labute approximate surface area is 167 Å². The number of amides is 1. The maximum atomic E-state index is 15.6. The van der Waals surface area contributed by atoms with Crippen LogP contribution < -0.4 is 4.90 Å². The molecule has 1 saturated carbocycles. The first-order valence-corrected chi connectivity index (χ1v) is 10.4. The quantitative estimate of drug-likeness (QED) is 0.708. The molecule has 0 unspecified atom stereocenters. The minimum atomic E-state index is -1.12. The van der Waals surface area contributed by atoms with Gasteiger partial charge < -0.3 is 9.64 Å². The average molecular weight is 441 g/mol. The molecule has 3 aliphatic rings. The van der Waals surface area contributed by atoms with Crippen molar-refractivity contribution in [2.75, 3.05) is 4.90 Å². The molecule has 1 amide bonds. The summed E-state index contributed by atoms with van der Waals surface area (Å²) >= 11 is 3.31. The Bertz CT molecular complexity index is 707. The van der Waals surface area contributed by atoms with Gasteiger partial charge in [-0.2, -0.15) is 0 Å². The fourth-order valence-electron chi connectivity index (χ4n) is 4.41. The number of ether oxygens (including phenoxy) is 1. The van der Waals surface area contributed by atoms with Crippen molar-refractivity contribution in [1.29, 1.82) is 0 Å². The van der Waals surface area contributed by atoms with Crippen LogP contribution in [-0.4, -0.2) is 56.9 Å². The van der Waals surface area contributed by atoms with E-state index in [1.54, 1.807) is 17.3 Å². The summed E-state index contributed by atoms with van der Waals surface area (Å²) in [5, 5.41) is 0. The van der Waals surface area contributed by atoms with Crippen molar-refractivity contribution in [1.82, 2.24) is 14.9 Å². The zero-order valence-electron chi connectivity index (χ0n) is 15.9. The summed E-state index contributed by atoms with van der Waals surface area (Å²) in [4.78, 5) is 25.2. The van der Waals surface area contributed by atoms with Crippen molar-refractivity contribution in [3.63, 3.8) is 0 Å². The Morgan fingerprint density at radius 2 is 2.00 bits per heavy atom. The summed E-state index contributed by atoms with van der Waals surface area (Å²) in [6, 6.07) is -0.361. The van der Waals surface area contributed by atoms with Gasteiger partial charge >= 0.3 is 6.09 Å². The minimum Gasteiger partial charge on any atom is -0.444 e. The Morgan fingerprint density at radius 3 is 2.59 bits per heavy atom. The summed E-state index contributed by atoms with van der Waals surface area (Å²) < 4.78 is 21.8. The lowest BCUT2D eigenvalue weighted by Gasteiger charge is -2.45. The fraction of sp³-hybridized carbons (Fsp3) is 0.737. The molecule has 8 heteroatoms. The van der Waals surface area contributed by atoms with Gasteiger partial charge in [0, 0.05) is 12.1 Å². The van der Waals surface area contributed by atoms with Crippen molar-refractivity contribution in [2.45, 2.75) is 88.8 Å². The fourth-order valence-corrected chi connectivity index (χ4v) is 4.61. The molecule has 0 aromatic carbocycles. The average Bonchev–Trinajstić information content (AvgIpc) is 3.34. The highest BCUT2D eigenvalue weighted by atomic mass is 79.9. The van der Waals surface area contributed by atoms with Gasteiger partial charge in [0.05, 0.1) is 24.5 Å². The summed E-state index contributed by atoms with van der Waals surface area (Å²) in [7, 11) is 0. The number of carbonyl (C=O) groups is 1. The molecule has 0 radical (unpaired) electrons. The molecule has 4 atom stereocenters. The van der Waals surface area contributed by atoms with Crippen LogP contribution in [0.15, 0.2) is 17.0 Å². The molecule has 1 aromatic rings. The first-order chi connectivity index (χ1) is 12.7. The summed E-state index contributed by atoms with van der Waals surface area (Å²) in [6.45, 7) is 5.52. The Balaban J connectivity index is 1.56. The molecule has 148 valence electrons. The highest BCUT2D eigenvalue weighted by molar-refractivity contribution is 9.10. The number of hydrogen-bond acceptors (Lipinski definition) is 5. The van der Waals surface area contributed by atoms with E-state index in [4.69, 9.17) is 4.74 Å². The predicted octanol–water partition coefficient (Wildman–Crippen LogP) is 4.09. The van der Waals surface area contributed by atoms with Crippen LogP contribution >= 0.6 is 15.9 Å². The maximum Gasteiger partial charge on any atom is 0.410 e. The van der Waals surface area contributed by atoms with E-state index in [2.05, 4.69) is 30.8 Å². The number of halogens is 2. The summed E-state index contributed by atoms with van der Waals surface area (Å²) in [6.07, 6.45) is 6.06. The second-order valence-corrected chi connectivity index (χ2v) is 9.58. The van der Waals surface area contributed by atoms with Crippen LogP contribution in [0.3, 0.4) is 0 Å². The zero-order chi connectivity index (χ0) is 19.3. The Kier molecular flexibility index (Phi) is 4.81. The number of rotatable bonds is 3. The molecule has 2 aliphatic heterocycles. The summed E-state index contributed by atoms with van der Waals surface area (Å²) in [5.41, 5.74) is -0.577. The monoisotopic (exact) mass is 440 g/mol. The lowest BCUT2D eigenvalue weighted by Crippen LogP contribution is -2.60. The number of alkyl halides is 1. The highest BCUT2D eigenvalue weighted by Crippen LogP contribution is 2.44. The van der Waals surface area contributed by atoms with Crippen molar-refractivity contribution >= 4 is 27.8 Å². The number of hydrogen-bond donors (Lipinski definition) is 0. The third kappa shape index (κ3) is 3.77. The van der Waals surface area contributed by atoms with Gasteiger partial charge in [-0.25, -0.2) is 19.2 Å². The van der Waals surface area contributed by atoms with E-state index >= 15 is 4.39 Å². The largest absolute Gasteiger partial charge is 0.444 e. The van der Waals surface area contributed by atoms with Crippen LogP contribution in [0.25, 0.3) is 0 Å². The summed E-state index contributed by atoms with van der Waals surface area (Å²) in [5.74, 6) is 0.721.